The Morgan fingerprint density at radius 3 is 1.56 bits per heavy atom. The maximum atomic E-state index is 5.66. The van der Waals surface area contributed by atoms with Crippen molar-refractivity contribution < 1.29 is 9.47 Å². The summed E-state index contributed by atoms with van der Waals surface area (Å²) in [5.41, 5.74) is 2.19. The van der Waals surface area contributed by atoms with E-state index in [1.165, 1.54) is 0 Å². The van der Waals surface area contributed by atoms with Crippen molar-refractivity contribution in [3.8, 4) is 22.6 Å². The average Bonchev–Trinajstić information content (AvgIpc) is 2.33. The molecular weight excluding hydrogens is 200 g/mol. The standard InChI is InChI=1S/C14H12O2/c1-3-7-13-11(5-1)12-6-2-4-8-14(12)16-10-9-15-13/h1-8H,9-10H2. The molecule has 2 nitrogen and oxygen atoms in total. The van der Waals surface area contributed by atoms with Crippen LogP contribution in [-0.4, -0.2) is 13.2 Å². The van der Waals surface area contributed by atoms with E-state index in [1.807, 2.05) is 36.4 Å². The van der Waals surface area contributed by atoms with Gasteiger partial charge in [0, 0.05) is 11.1 Å². The van der Waals surface area contributed by atoms with Crippen molar-refractivity contribution >= 4 is 0 Å². The summed E-state index contributed by atoms with van der Waals surface area (Å²) in [6.45, 7) is 1.18. The summed E-state index contributed by atoms with van der Waals surface area (Å²) in [5.74, 6) is 1.86. The van der Waals surface area contributed by atoms with Crippen molar-refractivity contribution in [1.29, 1.82) is 0 Å². The van der Waals surface area contributed by atoms with Crippen LogP contribution in [0.2, 0.25) is 0 Å². The SMILES string of the molecule is c1ccc2c(c1)OCCOc1ccccc1-2. The molecule has 2 aromatic carbocycles. The number of rotatable bonds is 0. The molecular formula is C14H12O2. The highest BCUT2D eigenvalue weighted by molar-refractivity contribution is 5.75. The molecule has 3 rings (SSSR count). The highest BCUT2D eigenvalue weighted by atomic mass is 16.5. The van der Waals surface area contributed by atoms with Gasteiger partial charge in [0.05, 0.1) is 0 Å². The Balaban J connectivity index is 2.22. The second-order valence-corrected chi connectivity index (χ2v) is 3.69. The van der Waals surface area contributed by atoms with E-state index < -0.39 is 0 Å². The van der Waals surface area contributed by atoms with Crippen molar-refractivity contribution in [1.82, 2.24) is 0 Å². The monoisotopic (exact) mass is 212 g/mol. The van der Waals surface area contributed by atoms with E-state index in [0.29, 0.717) is 13.2 Å². The summed E-state index contributed by atoms with van der Waals surface area (Å²) in [4.78, 5) is 0. The van der Waals surface area contributed by atoms with Gasteiger partial charge in [-0.05, 0) is 12.1 Å². The lowest BCUT2D eigenvalue weighted by Crippen LogP contribution is -2.12. The van der Waals surface area contributed by atoms with Crippen LogP contribution in [0.15, 0.2) is 48.5 Å². The van der Waals surface area contributed by atoms with Crippen molar-refractivity contribution in [2.45, 2.75) is 0 Å². The van der Waals surface area contributed by atoms with Gasteiger partial charge in [-0.2, -0.15) is 0 Å². The van der Waals surface area contributed by atoms with E-state index in [0.717, 1.165) is 22.6 Å². The van der Waals surface area contributed by atoms with Crippen LogP contribution >= 0.6 is 0 Å². The average molecular weight is 212 g/mol. The molecule has 2 heteroatoms. The summed E-state index contributed by atoms with van der Waals surface area (Å²) in [6, 6.07) is 16.1. The Kier molecular flexibility index (Phi) is 2.26. The first kappa shape index (κ1) is 9.28. The molecule has 1 heterocycles. The maximum absolute atomic E-state index is 5.66. The van der Waals surface area contributed by atoms with Crippen LogP contribution in [0.5, 0.6) is 11.5 Å². The lowest BCUT2D eigenvalue weighted by Gasteiger charge is -2.18. The Hall–Kier alpha value is -1.96. The zero-order chi connectivity index (χ0) is 10.8. The molecule has 0 fully saturated rings. The summed E-state index contributed by atoms with van der Waals surface area (Å²) >= 11 is 0. The molecule has 0 radical (unpaired) electrons. The van der Waals surface area contributed by atoms with Crippen molar-refractivity contribution in [2.75, 3.05) is 13.2 Å². The molecule has 16 heavy (non-hydrogen) atoms. The summed E-state index contributed by atoms with van der Waals surface area (Å²) in [7, 11) is 0. The highest BCUT2D eigenvalue weighted by Crippen LogP contribution is 2.37. The number of ether oxygens (including phenoxy) is 2. The molecule has 0 aliphatic carbocycles. The number of hydrogen-bond donors (Lipinski definition) is 0. The molecule has 80 valence electrons. The van der Waals surface area contributed by atoms with Gasteiger partial charge in [0.15, 0.2) is 0 Å². The fourth-order valence-electron chi connectivity index (χ4n) is 1.93. The first-order valence-electron chi connectivity index (χ1n) is 5.39. The Labute approximate surface area is 94.4 Å². The minimum atomic E-state index is 0.589. The molecule has 0 unspecified atom stereocenters. The summed E-state index contributed by atoms with van der Waals surface area (Å²) in [6.07, 6.45) is 0. The van der Waals surface area contributed by atoms with Gasteiger partial charge in [0.25, 0.3) is 0 Å². The van der Waals surface area contributed by atoms with E-state index >= 15 is 0 Å². The van der Waals surface area contributed by atoms with Gasteiger partial charge >= 0.3 is 0 Å². The van der Waals surface area contributed by atoms with E-state index in [-0.39, 0.29) is 0 Å². The summed E-state index contributed by atoms with van der Waals surface area (Å²) < 4.78 is 11.3. The Bertz CT molecular complexity index is 458. The molecule has 0 aromatic heterocycles. The molecule has 0 N–H and O–H groups in total. The number of fused-ring (bicyclic) bond motifs is 3. The van der Waals surface area contributed by atoms with Crippen LogP contribution in [0.3, 0.4) is 0 Å². The van der Waals surface area contributed by atoms with Gasteiger partial charge in [-0.15, -0.1) is 0 Å². The molecule has 0 atom stereocenters. The molecule has 0 saturated carbocycles. The normalized spacial score (nSPS) is 13.5. The Morgan fingerprint density at radius 1 is 0.625 bits per heavy atom. The van der Waals surface area contributed by atoms with Crippen LogP contribution in [0, 0.1) is 0 Å². The van der Waals surface area contributed by atoms with Crippen LogP contribution < -0.4 is 9.47 Å². The fraction of sp³-hybridized carbons (Fsp3) is 0.143. The minimum Gasteiger partial charge on any atom is -0.489 e. The molecule has 0 bridgehead atoms. The third-order valence-corrected chi connectivity index (χ3v) is 2.66. The van der Waals surface area contributed by atoms with Gasteiger partial charge in [0.1, 0.15) is 24.7 Å². The molecule has 1 aliphatic heterocycles. The minimum absolute atomic E-state index is 0.589. The summed E-state index contributed by atoms with van der Waals surface area (Å²) in [5, 5.41) is 0. The predicted molar refractivity (Wildman–Crippen MR) is 62.9 cm³/mol. The first-order chi connectivity index (χ1) is 7.95. The van der Waals surface area contributed by atoms with E-state index in [1.54, 1.807) is 0 Å². The van der Waals surface area contributed by atoms with Gasteiger partial charge in [-0.1, -0.05) is 36.4 Å². The van der Waals surface area contributed by atoms with Crippen LogP contribution in [0.25, 0.3) is 11.1 Å². The van der Waals surface area contributed by atoms with Gasteiger partial charge < -0.3 is 9.47 Å². The second-order valence-electron chi connectivity index (χ2n) is 3.69. The molecule has 0 amide bonds. The van der Waals surface area contributed by atoms with E-state index in [9.17, 15) is 0 Å². The van der Waals surface area contributed by atoms with Crippen molar-refractivity contribution in [3.63, 3.8) is 0 Å². The highest BCUT2D eigenvalue weighted by Gasteiger charge is 2.13. The third-order valence-electron chi connectivity index (χ3n) is 2.66. The quantitative estimate of drug-likeness (QED) is 0.668. The topological polar surface area (TPSA) is 18.5 Å². The largest absolute Gasteiger partial charge is 0.489 e. The molecule has 1 aliphatic rings. The maximum Gasteiger partial charge on any atom is 0.127 e. The zero-order valence-corrected chi connectivity index (χ0v) is 8.85. The van der Waals surface area contributed by atoms with Gasteiger partial charge in [-0.3, -0.25) is 0 Å². The van der Waals surface area contributed by atoms with E-state index in [4.69, 9.17) is 9.47 Å². The number of benzene rings is 2. The smallest absolute Gasteiger partial charge is 0.127 e. The lowest BCUT2D eigenvalue weighted by molar-refractivity contribution is 0.214. The van der Waals surface area contributed by atoms with Gasteiger partial charge in [-0.25, -0.2) is 0 Å². The molecule has 0 spiro atoms. The lowest BCUT2D eigenvalue weighted by atomic mass is 10.0. The zero-order valence-electron chi connectivity index (χ0n) is 8.85. The Morgan fingerprint density at radius 2 is 1.06 bits per heavy atom. The molecule has 0 saturated heterocycles. The fourth-order valence-corrected chi connectivity index (χ4v) is 1.93. The van der Waals surface area contributed by atoms with Crippen LogP contribution in [0.4, 0.5) is 0 Å². The van der Waals surface area contributed by atoms with Crippen molar-refractivity contribution in [3.05, 3.63) is 48.5 Å². The van der Waals surface area contributed by atoms with Crippen LogP contribution in [0.1, 0.15) is 0 Å². The number of hydrogen-bond acceptors (Lipinski definition) is 2. The first-order valence-corrected chi connectivity index (χ1v) is 5.39. The second kappa shape index (κ2) is 3.89. The predicted octanol–water partition coefficient (Wildman–Crippen LogP) is 3.12. The van der Waals surface area contributed by atoms with Crippen molar-refractivity contribution in [2.24, 2.45) is 0 Å². The van der Waals surface area contributed by atoms with Gasteiger partial charge in [0.2, 0.25) is 0 Å². The number of para-hydroxylation sites is 2. The molecule has 2 aromatic rings. The third kappa shape index (κ3) is 1.52. The van der Waals surface area contributed by atoms with E-state index in [2.05, 4.69) is 12.1 Å². The van der Waals surface area contributed by atoms with Crippen LogP contribution in [-0.2, 0) is 0 Å².